The van der Waals surface area contributed by atoms with Crippen LogP contribution in [0.3, 0.4) is 0 Å². The van der Waals surface area contributed by atoms with Crippen LogP contribution in [0.5, 0.6) is 0 Å². The van der Waals surface area contributed by atoms with Gasteiger partial charge in [-0.2, -0.15) is 5.26 Å². The molecule has 0 atom stereocenters. The quantitative estimate of drug-likeness (QED) is 0.770. The van der Waals surface area contributed by atoms with Crippen molar-refractivity contribution in [1.82, 2.24) is 4.98 Å². The van der Waals surface area contributed by atoms with Crippen LogP contribution >= 0.6 is 0 Å². The Kier molecular flexibility index (Phi) is 4.74. The topological polar surface area (TPSA) is 57.9 Å². The van der Waals surface area contributed by atoms with E-state index >= 15 is 0 Å². The Morgan fingerprint density at radius 2 is 2.25 bits per heavy atom. The lowest BCUT2D eigenvalue weighted by molar-refractivity contribution is 0.0870. The number of nitrogens with one attached hydrogen (secondary N) is 1. The van der Waals surface area contributed by atoms with Crippen LogP contribution < -0.4 is 5.32 Å². The van der Waals surface area contributed by atoms with Gasteiger partial charge in [-0.3, -0.25) is 0 Å². The highest BCUT2D eigenvalue weighted by Gasteiger charge is 1.99. The molecule has 86 valence electrons. The molecule has 1 aromatic rings. The van der Waals surface area contributed by atoms with Gasteiger partial charge in [0.05, 0.1) is 24.3 Å². The Morgan fingerprint density at radius 1 is 1.50 bits per heavy atom. The molecular weight excluding hydrogens is 202 g/mol. The van der Waals surface area contributed by atoms with Gasteiger partial charge in [0, 0.05) is 12.2 Å². The number of nitrogens with zero attached hydrogens (tertiary/aromatic N) is 2. The zero-order valence-electron chi connectivity index (χ0n) is 9.95. The highest BCUT2D eigenvalue weighted by Crippen LogP contribution is 2.08. The van der Waals surface area contributed by atoms with Gasteiger partial charge in [-0.25, -0.2) is 4.98 Å². The second kappa shape index (κ2) is 6.09. The molecule has 0 unspecified atom stereocenters. The fraction of sp³-hybridized carbons (Fsp3) is 0.500. The summed E-state index contributed by atoms with van der Waals surface area (Å²) < 4.78 is 5.40. The molecule has 1 heterocycles. The van der Waals surface area contributed by atoms with Gasteiger partial charge in [0.15, 0.2) is 0 Å². The summed E-state index contributed by atoms with van der Waals surface area (Å²) in [7, 11) is 0. The van der Waals surface area contributed by atoms with Crippen LogP contribution in [-0.4, -0.2) is 24.2 Å². The number of rotatable bonds is 5. The van der Waals surface area contributed by atoms with E-state index in [1.807, 2.05) is 20.8 Å². The van der Waals surface area contributed by atoms with Crippen LogP contribution in [0.1, 0.15) is 25.1 Å². The minimum absolute atomic E-state index is 0.238. The maximum absolute atomic E-state index is 8.80. The van der Waals surface area contributed by atoms with Crippen molar-refractivity contribution in [2.45, 2.75) is 26.9 Å². The lowest BCUT2D eigenvalue weighted by atomic mass is 10.2. The molecule has 0 bridgehead atoms. The molecule has 0 aliphatic rings. The fourth-order valence-electron chi connectivity index (χ4n) is 1.30. The number of pyridine rings is 1. The summed E-state index contributed by atoms with van der Waals surface area (Å²) in [5.41, 5.74) is 1.46. The summed E-state index contributed by atoms with van der Waals surface area (Å²) in [5.74, 6) is 0.726. The normalized spacial score (nSPS) is 10.2. The molecule has 0 saturated heterocycles. The Bertz CT molecular complexity index is 382. The third kappa shape index (κ3) is 4.28. The average molecular weight is 219 g/mol. The van der Waals surface area contributed by atoms with E-state index in [1.165, 1.54) is 0 Å². The molecule has 4 heteroatoms. The van der Waals surface area contributed by atoms with E-state index in [4.69, 9.17) is 10.00 Å². The van der Waals surface area contributed by atoms with Crippen molar-refractivity contribution in [3.63, 3.8) is 0 Å². The lowest BCUT2D eigenvalue weighted by Crippen LogP contribution is -2.14. The molecule has 1 aromatic heterocycles. The first-order valence-electron chi connectivity index (χ1n) is 5.36. The molecule has 0 fully saturated rings. The lowest BCUT2D eigenvalue weighted by Gasteiger charge is -2.09. The first kappa shape index (κ1) is 12.5. The smallest absolute Gasteiger partial charge is 0.127 e. The maximum atomic E-state index is 8.80. The van der Waals surface area contributed by atoms with Gasteiger partial charge in [-0.05, 0) is 32.9 Å². The number of aromatic nitrogens is 1. The van der Waals surface area contributed by atoms with E-state index in [2.05, 4.69) is 16.4 Å². The Morgan fingerprint density at radius 3 is 2.88 bits per heavy atom. The molecule has 0 aliphatic heterocycles. The molecule has 1 rings (SSSR count). The van der Waals surface area contributed by atoms with Crippen molar-refractivity contribution in [1.29, 1.82) is 5.26 Å². The second-order valence-corrected chi connectivity index (χ2v) is 3.84. The highest BCUT2D eigenvalue weighted by atomic mass is 16.5. The molecule has 0 saturated carbocycles. The van der Waals surface area contributed by atoms with Crippen molar-refractivity contribution in [3.05, 3.63) is 23.4 Å². The molecule has 0 aromatic carbocycles. The van der Waals surface area contributed by atoms with Gasteiger partial charge >= 0.3 is 0 Å². The third-order valence-corrected chi connectivity index (χ3v) is 1.94. The van der Waals surface area contributed by atoms with E-state index in [9.17, 15) is 0 Å². The Balaban J connectivity index is 2.48. The summed E-state index contributed by atoms with van der Waals surface area (Å²) >= 11 is 0. The zero-order chi connectivity index (χ0) is 12.0. The fourth-order valence-corrected chi connectivity index (χ4v) is 1.30. The number of nitriles is 1. The molecule has 0 amide bonds. The highest BCUT2D eigenvalue weighted by molar-refractivity contribution is 5.44. The monoisotopic (exact) mass is 219 g/mol. The molecular formula is C12H17N3O. The van der Waals surface area contributed by atoms with Crippen LogP contribution in [0.25, 0.3) is 0 Å². The molecule has 4 nitrogen and oxygen atoms in total. The number of hydrogen-bond donors (Lipinski definition) is 1. The average Bonchev–Trinajstić information content (AvgIpc) is 2.23. The Labute approximate surface area is 96.3 Å². The molecule has 0 radical (unpaired) electrons. The van der Waals surface area contributed by atoms with Crippen LogP contribution in [0.4, 0.5) is 5.82 Å². The summed E-state index contributed by atoms with van der Waals surface area (Å²) in [5, 5.41) is 11.9. The zero-order valence-corrected chi connectivity index (χ0v) is 9.95. The van der Waals surface area contributed by atoms with Gasteiger partial charge in [0.2, 0.25) is 0 Å². The summed E-state index contributed by atoms with van der Waals surface area (Å²) in [6.45, 7) is 7.20. The predicted molar refractivity (Wildman–Crippen MR) is 63.3 cm³/mol. The summed E-state index contributed by atoms with van der Waals surface area (Å²) in [6.07, 6.45) is 0.238. The van der Waals surface area contributed by atoms with E-state index in [0.29, 0.717) is 18.7 Å². The first-order valence-corrected chi connectivity index (χ1v) is 5.36. The number of anilines is 1. The SMILES string of the molecule is Cc1cc(C#N)cc(NCCOC(C)C)n1. The number of hydrogen-bond acceptors (Lipinski definition) is 4. The van der Waals surface area contributed by atoms with Crippen molar-refractivity contribution in [3.8, 4) is 6.07 Å². The summed E-state index contributed by atoms with van der Waals surface area (Å²) in [6, 6.07) is 5.60. The Hall–Kier alpha value is -1.60. The van der Waals surface area contributed by atoms with Gasteiger partial charge in [0.1, 0.15) is 5.82 Å². The van der Waals surface area contributed by atoms with E-state index < -0.39 is 0 Å². The van der Waals surface area contributed by atoms with Crippen molar-refractivity contribution in [2.24, 2.45) is 0 Å². The first-order chi connectivity index (χ1) is 7.61. The number of aryl methyl sites for hydroxylation is 1. The van der Waals surface area contributed by atoms with Gasteiger partial charge in [-0.15, -0.1) is 0 Å². The minimum atomic E-state index is 0.238. The second-order valence-electron chi connectivity index (χ2n) is 3.84. The van der Waals surface area contributed by atoms with Crippen LogP contribution in [0, 0.1) is 18.3 Å². The molecule has 1 N–H and O–H groups in total. The maximum Gasteiger partial charge on any atom is 0.127 e. The van der Waals surface area contributed by atoms with E-state index in [-0.39, 0.29) is 6.10 Å². The largest absolute Gasteiger partial charge is 0.377 e. The minimum Gasteiger partial charge on any atom is -0.377 e. The van der Waals surface area contributed by atoms with Crippen LogP contribution in [-0.2, 0) is 4.74 Å². The molecule has 16 heavy (non-hydrogen) atoms. The number of ether oxygens (including phenoxy) is 1. The molecule has 0 aliphatic carbocycles. The third-order valence-electron chi connectivity index (χ3n) is 1.94. The summed E-state index contributed by atoms with van der Waals surface area (Å²) in [4.78, 5) is 4.28. The van der Waals surface area contributed by atoms with E-state index in [1.54, 1.807) is 12.1 Å². The molecule has 0 spiro atoms. The van der Waals surface area contributed by atoms with E-state index in [0.717, 1.165) is 11.5 Å². The van der Waals surface area contributed by atoms with Gasteiger partial charge < -0.3 is 10.1 Å². The van der Waals surface area contributed by atoms with Crippen LogP contribution in [0.15, 0.2) is 12.1 Å². The van der Waals surface area contributed by atoms with Crippen LogP contribution in [0.2, 0.25) is 0 Å². The van der Waals surface area contributed by atoms with Gasteiger partial charge in [0.25, 0.3) is 0 Å². The van der Waals surface area contributed by atoms with Crippen molar-refractivity contribution >= 4 is 5.82 Å². The van der Waals surface area contributed by atoms with Gasteiger partial charge in [-0.1, -0.05) is 0 Å². The predicted octanol–water partition coefficient (Wildman–Crippen LogP) is 2.10. The van der Waals surface area contributed by atoms with Crippen molar-refractivity contribution < 1.29 is 4.74 Å². The standard InChI is InChI=1S/C12H17N3O/c1-9(2)16-5-4-14-12-7-11(8-13)6-10(3)15-12/h6-7,9H,4-5H2,1-3H3,(H,14,15). The van der Waals surface area contributed by atoms with Crippen molar-refractivity contribution in [2.75, 3.05) is 18.5 Å².